The van der Waals surface area contributed by atoms with E-state index >= 15 is 0 Å². The van der Waals surface area contributed by atoms with Crippen LogP contribution >= 0.6 is 27.7 Å². The molecule has 2 rings (SSSR count). The first-order chi connectivity index (χ1) is 7.27. The predicted molar refractivity (Wildman–Crippen MR) is 68.1 cm³/mol. The molecule has 3 heteroatoms. The third kappa shape index (κ3) is 2.86. The third-order valence-electron chi connectivity index (χ3n) is 2.42. The van der Waals surface area contributed by atoms with E-state index in [-0.39, 0.29) is 6.10 Å². The monoisotopic (exact) mass is 284 g/mol. The molecule has 0 saturated carbocycles. The Bertz CT molecular complexity index is 361. The lowest BCUT2D eigenvalue weighted by Gasteiger charge is -2.20. The first-order valence-electron chi connectivity index (χ1n) is 5.07. The minimum Gasteiger partial charge on any atom is -0.388 e. The van der Waals surface area contributed by atoms with Gasteiger partial charge in [0.2, 0.25) is 0 Å². The number of rotatable bonds is 2. The lowest BCUT2D eigenvalue weighted by atomic mass is 10.1. The molecule has 0 spiro atoms. The van der Waals surface area contributed by atoms with Crippen LogP contribution in [0.5, 0.6) is 0 Å². The maximum absolute atomic E-state index is 9.71. The van der Waals surface area contributed by atoms with E-state index < -0.39 is 0 Å². The summed E-state index contributed by atoms with van der Waals surface area (Å²) >= 11 is 5.24. The van der Waals surface area contributed by atoms with Gasteiger partial charge >= 0.3 is 0 Å². The van der Waals surface area contributed by atoms with Crippen molar-refractivity contribution in [2.75, 3.05) is 0 Å². The number of aliphatic hydroxyl groups excluding tert-OH is 1. The molecule has 1 nitrogen and oxygen atoms in total. The number of benzene rings is 1. The highest BCUT2D eigenvalue weighted by atomic mass is 79.9. The van der Waals surface area contributed by atoms with Crippen molar-refractivity contribution in [3.8, 4) is 0 Å². The van der Waals surface area contributed by atoms with E-state index in [1.165, 1.54) is 9.80 Å². The predicted octanol–water partition coefficient (Wildman–Crippen LogP) is 3.93. The minimum atomic E-state index is -0.301. The molecule has 80 valence electrons. The second-order valence-electron chi connectivity index (χ2n) is 3.59. The van der Waals surface area contributed by atoms with Crippen LogP contribution in [0.4, 0.5) is 0 Å². The summed E-state index contributed by atoms with van der Waals surface area (Å²) in [6.07, 6.45) is 2.71. The van der Waals surface area contributed by atoms with E-state index in [1.807, 2.05) is 18.2 Å². The number of hydrogen-bond acceptors (Lipinski definition) is 2. The summed E-state index contributed by atoms with van der Waals surface area (Å²) in [7, 11) is 0. The Morgan fingerprint density at radius 3 is 2.73 bits per heavy atom. The van der Waals surface area contributed by atoms with Crippen LogP contribution in [0.1, 0.15) is 19.3 Å². The van der Waals surface area contributed by atoms with Crippen LogP contribution in [0.3, 0.4) is 0 Å². The molecule has 0 amide bonds. The van der Waals surface area contributed by atoms with E-state index in [2.05, 4.69) is 28.1 Å². The Hall–Kier alpha value is -0.250. The van der Waals surface area contributed by atoms with E-state index in [0.29, 0.717) is 0 Å². The highest BCUT2D eigenvalue weighted by Gasteiger charge is 2.19. The zero-order chi connectivity index (χ0) is 10.7. The van der Waals surface area contributed by atoms with Crippen molar-refractivity contribution >= 4 is 27.7 Å². The molecule has 0 saturated heterocycles. The average Bonchev–Trinajstić information content (AvgIpc) is 2.26. The Morgan fingerprint density at radius 2 is 2.00 bits per heavy atom. The molecule has 1 atom stereocenters. The normalized spacial score (nSPS) is 21.9. The van der Waals surface area contributed by atoms with Crippen LogP contribution in [-0.4, -0.2) is 11.2 Å². The first-order valence-corrected chi connectivity index (χ1v) is 6.68. The number of aliphatic hydroxyl groups is 1. The van der Waals surface area contributed by atoms with Crippen molar-refractivity contribution in [2.45, 2.75) is 30.3 Å². The quantitative estimate of drug-likeness (QED) is 0.888. The highest BCUT2D eigenvalue weighted by Crippen LogP contribution is 2.39. The van der Waals surface area contributed by atoms with Crippen LogP contribution < -0.4 is 0 Å². The SMILES string of the molecule is O[C@H]1CCCC(Sc2ccccc2)=C1Br. The van der Waals surface area contributed by atoms with E-state index in [9.17, 15) is 5.11 Å². The fraction of sp³-hybridized carbons (Fsp3) is 0.333. The molecule has 1 aromatic rings. The van der Waals surface area contributed by atoms with Gasteiger partial charge < -0.3 is 5.11 Å². The lowest BCUT2D eigenvalue weighted by molar-refractivity contribution is 0.200. The topological polar surface area (TPSA) is 20.2 Å². The second-order valence-corrected chi connectivity index (χ2v) is 5.62. The number of halogens is 1. The van der Waals surface area contributed by atoms with Crippen LogP contribution in [0.25, 0.3) is 0 Å². The average molecular weight is 285 g/mol. The molecule has 0 bridgehead atoms. The zero-order valence-corrected chi connectivity index (χ0v) is 10.7. The van der Waals surface area contributed by atoms with Gasteiger partial charge in [-0.3, -0.25) is 0 Å². The maximum atomic E-state index is 9.71. The van der Waals surface area contributed by atoms with Gasteiger partial charge in [0.15, 0.2) is 0 Å². The fourth-order valence-electron chi connectivity index (χ4n) is 1.62. The Morgan fingerprint density at radius 1 is 1.27 bits per heavy atom. The van der Waals surface area contributed by atoms with Crippen molar-refractivity contribution in [3.05, 3.63) is 39.7 Å². The van der Waals surface area contributed by atoms with Gasteiger partial charge in [-0.05, 0) is 31.4 Å². The molecule has 1 N–H and O–H groups in total. The molecule has 1 aliphatic carbocycles. The van der Waals surface area contributed by atoms with Crippen LogP contribution in [-0.2, 0) is 0 Å². The smallest absolute Gasteiger partial charge is 0.0862 e. The summed E-state index contributed by atoms with van der Waals surface area (Å²) in [5.74, 6) is 0. The molecule has 1 aliphatic rings. The van der Waals surface area contributed by atoms with Gasteiger partial charge in [-0.25, -0.2) is 0 Å². The van der Waals surface area contributed by atoms with Crippen LogP contribution in [0.2, 0.25) is 0 Å². The second kappa shape index (κ2) is 5.19. The van der Waals surface area contributed by atoms with Crippen LogP contribution in [0.15, 0.2) is 44.6 Å². The standard InChI is InChI=1S/C12H13BrOS/c13-12-10(14)7-4-8-11(12)15-9-5-2-1-3-6-9/h1-3,5-6,10,14H,4,7-8H2/t10-/m0/s1. The van der Waals surface area contributed by atoms with Gasteiger partial charge in [-0.1, -0.05) is 45.9 Å². The van der Waals surface area contributed by atoms with Gasteiger partial charge in [0.05, 0.1) is 6.10 Å². The summed E-state index contributed by atoms with van der Waals surface area (Å²) in [6.45, 7) is 0. The van der Waals surface area contributed by atoms with Gasteiger partial charge in [-0.2, -0.15) is 0 Å². The van der Waals surface area contributed by atoms with Crippen molar-refractivity contribution in [2.24, 2.45) is 0 Å². The molecule has 15 heavy (non-hydrogen) atoms. The summed E-state index contributed by atoms with van der Waals surface area (Å²) in [6, 6.07) is 10.3. The summed E-state index contributed by atoms with van der Waals surface area (Å²) < 4.78 is 0.975. The lowest BCUT2D eigenvalue weighted by Crippen LogP contribution is -2.12. The van der Waals surface area contributed by atoms with Gasteiger partial charge in [-0.15, -0.1) is 0 Å². The highest BCUT2D eigenvalue weighted by molar-refractivity contribution is 9.11. The van der Waals surface area contributed by atoms with Crippen molar-refractivity contribution in [1.29, 1.82) is 0 Å². The summed E-state index contributed by atoms with van der Waals surface area (Å²) in [5, 5.41) is 9.71. The fourth-order valence-corrected chi connectivity index (χ4v) is 3.35. The van der Waals surface area contributed by atoms with Crippen molar-refractivity contribution in [3.63, 3.8) is 0 Å². The van der Waals surface area contributed by atoms with Gasteiger partial charge in [0.25, 0.3) is 0 Å². The summed E-state index contributed by atoms with van der Waals surface area (Å²) in [4.78, 5) is 2.50. The zero-order valence-electron chi connectivity index (χ0n) is 8.32. The third-order valence-corrected chi connectivity index (χ3v) is 4.87. The van der Waals surface area contributed by atoms with E-state index in [4.69, 9.17) is 0 Å². The van der Waals surface area contributed by atoms with Gasteiger partial charge in [0, 0.05) is 14.3 Å². The van der Waals surface area contributed by atoms with Crippen LogP contribution in [0, 0.1) is 0 Å². The van der Waals surface area contributed by atoms with Crippen molar-refractivity contribution < 1.29 is 5.11 Å². The first kappa shape index (κ1) is 11.2. The largest absolute Gasteiger partial charge is 0.388 e. The molecular formula is C12H13BrOS. The molecular weight excluding hydrogens is 272 g/mol. The van der Waals surface area contributed by atoms with Gasteiger partial charge in [0.1, 0.15) is 0 Å². The Labute approximate surface area is 103 Å². The molecule has 0 aliphatic heterocycles. The van der Waals surface area contributed by atoms with E-state index in [1.54, 1.807) is 11.8 Å². The Kier molecular flexibility index (Phi) is 3.89. The number of thioether (sulfide) groups is 1. The molecule has 0 unspecified atom stereocenters. The molecule has 0 radical (unpaired) electrons. The molecule has 1 aromatic carbocycles. The molecule has 0 fully saturated rings. The van der Waals surface area contributed by atoms with Crippen molar-refractivity contribution in [1.82, 2.24) is 0 Å². The number of allylic oxidation sites excluding steroid dienone is 1. The summed E-state index contributed by atoms with van der Waals surface area (Å²) in [5.41, 5.74) is 0. The molecule has 0 heterocycles. The van der Waals surface area contributed by atoms with E-state index in [0.717, 1.165) is 23.7 Å². The minimum absolute atomic E-state index is 0.301. The molecule has 0 aromatic heterocycles. The Balaban J connectivity index is 2.15. The number of hydrogen-bond donors (Lipinski definition) is 1. The maximum Gasteiger partial charge on any atom is 0.0862 e.